The number of aliphatic imine (C=N–C) groups is 1. The van der Waals surface area contributed by atoms with Crippen molar-refractivity contribution in [2.75, 3.05) is 28.3 Å². The smallest absolute Gasteiger partial charge is 0.194 e. The lowest BCUT2D eigenvalue weighted by atomic mass is 10.2. The Kier molecular flexibility index (Phi) is 9.12. The van der Waals surface area contributed by atoms with Crippen LogP contribution in [0.2, 0.25) is 0 Å². The summed E-state index contributed by atoms with van der Waals surface area (Å²) in [5.41, 5.74) is 2.23. The fourth-order valence-corrected chi connectivity index (χ4v) is 2.28. The molecule has 2 aromatic carbocycles. The van der Waals surface area contributed by atoms with Crippen molar-refractivity contribution < 1.29 is 9.47 Å². The lowest BCUT2D eigenvalue weighted by Gasteiger charge is -2.19. The van der Waals surface area contributed by atoms with Gasteiger partial charge in [0.15, 0.2) is 5.96 Å². The Hall–Kier alpha value is -1.96. The molecule has 0 fully saturated rings. The molecule has 0 heterocycles. The van der Waals surface area contributed by atoms with Gasteiger partial charge in [-0.1, -0.05) is 30.3 Å². The van der Waals surface area contributed by atoms with Crippen molar-refractivity contribution in [1.82, 2.24) is 10.2 Å². The van der Waals surface area contributed by atoms with E-state index < -0.39 is 0 Å². The van der Waals surface area contributed by atoms with E-state index in [0.717, 1.165) is 23.0 Å². The Morgan fingerprint density at radius 3 is 2.36 bits per heavy atom. The van der Waals surface area contributed by atoms with Gasteiger partial charge in [0, 0.05) is 32.3 Å². The fraction of sp³-hybridized carbons (Fsp3) is 0.316. The highest BCUT2D eigenvalue weighted by Gasteiger charge is 2.07. The number of nitrogens with one attached hydrogen (secondary N) is 1. The van der Waals surface area contributed by atoms with Crippen LogP contribution in [-0.4, -0.2) is 39.2 Å². The van der Waals surface area contributed by atoms with Crippen molar-refractivity contribution in [2.45, 2.75) is 13.1 Å². The van der Waals surface area contributed by atoms with Crippen LogP contribution in [0.4, 0.5) is 0 Å². The van der Waals surface area contributed by atoms with Gasteiger partial charge in [-0.2, -0.15) is 0 Å². The highest BCUT2D eigenvalue weighted by Crippen LogP contribution is 2.24. The average molecular weight is 455 g/mol. The van der Waals surface area contributed by atoms with Crippen LogP contribution in [0, 0.1) is 0 Å². The third-order valence-electron chi connectivity index (χ3n) is 3.61. The Bertz CT molecular complexity index is 676. The summed E-state index contributed by atoms with van der Waals surface area (Å²) in [6, 6.07) is 16.0. The quantitative estimate of drug-likeness (QED) is 0.412. The highest BCUT2D eigenvalue weighted by atomic mass is 127. The topological polar surface area (TPSA) is 46.1 Å². The molecule has 2 rings (SSSR count). The summed E-state index contributed by atoms with van der Waals surface area (Å²) in [5.74, 6) is 2.40. The molecule has 0 atom stereocenters. The van der Waals surface area contributed by atoms with Crippen molar-refractivity contribution in [1.29, 1.82) is 0 Å². The Labute approximate surface area is 167 Å². The molecule has 136 valence electrons. The molecule has 0 aliphatic carbocycles. The molecule has 0 bridgehead atoms. The molecule has 5 nitrogen and oxygen atoms in total. The number of nitrogens with zero attached hydrogens (tertiary/aromatic N) is 2. The molecule has 0 amide bonds. The van der Waals surface area contributed by atoms with Crippen LogP contribution in [0.15, 0.2) is 53.5 Å². The minimum Gasteiger partial charge on any atom is -0.497 e. The summed E-state index contributed by atoms with van der Waals surface area (Å²) in [5, 5.41) is 3.37. The van der Waals surface area contributed by atoms with Crippen LogP contribution in [0.5, 0.6) is 11.5 Å². The molecule has 0 aromatic heterocycles. The van der Waals surface area contributed by atoms with E-state index in [1.54, 1.807) is 14.2 Å². The van der Waals surface area contributed by atoms with Crippen molar-refractivity contribution in [2.24, 2.45) is 4.99 Å². The number of hydrogen-bond donors (Lipinski definition) is 1. The van der Waals surface area contributed by atoms with Gasteiger partial charge in [-0.25, -0.2) is 4.99 Å². The molecule has 1 N–H and O–H groups in total. The Balaban J connectivity index is 0.00000312. The largest absolute Gasteiger partial charge is 0.497 e. The predicted molar refractivity (Wildman–Crippen MR) is 113 cm³/mol. The molecule has 0 aliphatic rings. The van der Waals surface area contributed by atoms with Crippen LogP contribution in [-0.2, 0) is 13.1 Å². The third-order valence-corrected chi connectivity index (χ3v) is 3.61. The van der Waals surface area contributed by atoms with E-state index in [0.29, 0.717) is 13.1 Å². The number of ether oxygens (including phenoxy) is 2. The third kappa shape index (κ3) is 6.45. The maximum atomic E-state index is 5.44. The Morgan fingerprint density at radius 1 is 1.04 bits per heavy atom. The standard InChI is InChI=1S/C19H25N3O2.HI/c1-22(2)19(20-13-15-8-6-5-7-9-15)21-14-16-10-11-17(23-3)12-18(16)24-4;/h5-12H,13-14H2,1-4H3,(H,20,21);1H. The summed E-state index contributed by atoms with van der Waals surface area (Å²) in [7, 11) is 7.26. The first kappa shape index (κ1) is 21.1. The molecule has 6 heteroatoms. The van der Waals surface area contributed by atoms with Crippen LogP contribution in [0.3, 0.4) is 0 Å². The van der Waals surface area contributed by atoms with Crippen molar-refractivity contribution >= 4 is 29.9 Å². The minimum absolute atomic E-state index is 0. The van der Waals surface area contributed by atoms with E-state index >= 15 is 0 Å². The van der Waals surface area contributed by atoms with Crippen molar-refractivity contribution in [3.05, 3.63) is 59.7 Å². The van der Waals surface area contributed by atoms with E-state index in [1.807, 2.05) is 55.4 Å². The number of hydrogen-bond acceptors (Lipinski definition) is 3. The molecule has 0 unspecified atom stereocenters. The maximum Gasteiger partial charge on any atom is 0.194 e. The van der Waals surface area contributed by atoms with E-state index in [-0.39, 0.29) is 24.0 Å². The van der Waals surface area contributed by atoms with E-state index in [2.05, 4.69) is 22.4 Å². The summed E-state index contributed by atoms with van der Waals surface area (Å²) >= 11 is 0. The summed E-state index contributed by atoms with van der Waals surface area (Å²) in [6.07, 6.45) is 0. The van der Waals surface area contributed by atoms with E-state index in [1.165, 1.54) is 5.56 Å². The van der Waals surface area contributed by atoms with Gasteiger partial charge >= 0.3 is 0 Å². The predicted octanol–water partition coefficient (Wildman–Crippen LogP) is 3.53. The lowest BCUT2D eigenvalue weighted by molar-refractivity contribution is 0.390. The minimum atomic E-state index is 0. The fourth-order valence-electron chi connectivity index (χ4n) is 2.28. The second-order valence-electron chi connectivity index (χ2n) is 5.55. The molecule has 0 radical (unpaired) electrons. The van der Waals surface area contributed by atoms with Crippen LogP contribution in [0.25, 0.3) is 0 Å². The van der Waals surface area contributed by atoms with Gasteiger partial charge in [-0.05, 0) is 17.7 Å². The average Bonchev–Trinajstić information content (AvgIpc) is 2.62. The summed E-state index contributed by atoms with van der Waals surface area (Å²) < 4.78 is 10.7. The molecule has 0 saturated heterocycles. The monoisotopic (exact) mass is 455 g/mol. The van der Waals surface area contributed by atoms with E-state index in [4.69, 9.17) is 9.47 Å². The molecule has 0 aliphatic heterocycles. The molecule has 2 aromatic rings. The Morgan fingerprint density at radius 2 is 1.76 bits per heavy atom. The van der Waals surface area contributed by atoms with Crippen LogP contribution in [0.1, 0.15) is 11.1 Å². The molecular formula is C19H26IN3O2. The lowest BCUT2D eigenvalue weighted by Crippen LogP contribution is -2.36. The first-order chi connectivity index (χ1) is 11.6. The zero-order valence-corrected chi connectivity index (χ0v) is 17.5. The zero-order valence-electron chi connectivity index (χ0n) is 15.2. The second kappa shape index (κ2) is 10.8. The van der Waals surface area contributed by atoms with Crippen LogP contribution >= 0.6 is 24.0 Å². The molecule has 25 heavy (non-hydrogen) atoms. The van der Waals surface area contributed by atoms with Gasteiger partial charge in [-0.3, -0.25) is 0 Å². The maximum absolute atomic E-state index is 5.44. The first-order valence-corrected chi connectivity index (χ1v) is 7.84. The first-order valence-electron chi connectivity index (χ1n) is 7.84. The van der Waals surface area contributed by atoms with Crippen LogP contribution < -0.4 is 14.8 Å². The number of benzene rings is 2. The summed E-state index contributed by atoms with van der Waals surface area (Å²) in [6.45, 7) is 1.26. The number of guanidine groups is 1. The van der Waals surface area contributed by atoms with Gasteiger partial charge in [0.05, 0.1) is 20.8 Å². The number of halogens is 1. The van der Waals surface area contributed by atoms with Gasteiger partial charge in [0.2, 0.25) is 0 Å². The molecular weight excluding hydrogens is 429 g/mol. The number of methoxy groups -OCH3 is 2. The van der Waals surface area contributed by atoms with Crippen molar-refractivity contribution in [3.8, 4) is 11.5 Å². The highest BCUT2D eigenvalue weighted by molar-refractivity contribution is 14.0. The van der Waals surface area contributed by atoms with E-state index in [9.17, 15) is 0 Å². The van der Waals surface area contributed by atoms with Gasteiger partial charge < -0.3 is 19.7 Å². The van der Waals surface area contributed by atoms with Gasteiger partial charge in [0.1, 0.15) is 11.5 Å². The zero-order chi connectivity index (χ0) is 17.4. The van der Waals surface area contributed by atoms with Gasteiger partial charge in [0.25, 0.3) is 0 Å². The normalized spacial score (nSPS) is 10.6. The van der Waals surface area contributed by atoms with Gasteiger partial charge in [-0.15, -0.1) is 24.0 Å². The molecule has 0 saturated carbocycles. The van der Waals surface area contributed by atoms with Crippen molar-refractivity contribution in [3.63, 3.8) is 0 Å². The molecule has 0 spiro atoms. The number of rotatable bonds is 6. The summed E-state index contributed by atoms with van der Waals surface area (Å²) in [4.78, 5) is 6.63. The SMILES string of the molecule is COc1ccc(CNC(=NCc2ccccc2)N(C)C)c(OC)c1.I. The second-order valence-corrected chi connectivity index (χ2v) is 5.55.